The average molecular weight is 240 g/mol. The summed E-state index contributed by atoms with van der Waals surface area (Å²) in [6.07, 6.45) is 3.19. The third kappa shape index (κ3) is 4.49. The van der Waals surface area contributed by atoms with Gasteiger partial charge in [-0.3, -0.25) is 9.59 Å². The lowest BCUT2D eigenvalue weighted by molar-refractivity contribution is -0.157. The van der Waals surface area contributed by atoms with Crippen LogP contribution in [-0.2, 0) is 14.3 Å². The van der Waals surface area contributed by atoms with E-state index in [2.05, 4.69) is 20.8 Å². The molecule has 0 radical (unpaired) electrons. The molecule has 0 saturated heterocycles. The summed E-state index contributed by atoms with van der Waals surface area (Å²) in [6, 6.07) is 0. The summed E-state index contributed by atoms with van der Waals surface area (Å²) in [7, 11) is 0. The lowest BCUT2D eigenvalue weighted by Crippen LogP contribution is -2.36. The minimum Gasteiger partial charge on any atom is -0.462 e. The quantitative estimate of drug-likeness (QED) is 0.560. The van der Waals surface area contributed by atoms with Gasteiger partial charge in [-0.1, -0.05) is 27.2 Å². The van der Waals surface area contributed by atoms with Crippen molar-refractivity contribution in [3.05, 3.63) is 0 Å². The van der Waals surface area contributed by atoms with Crippen LogP contribution in [-0.4, -0.2) is 17.9 Å². The first-order valence-corrected chi connectivity index (χ1v) is 6.59. The molecule has 1 saturated carbocycles. The summed E-state index contributed by atoms with van der Waals surface area (Å²) in [5, 5.41) is 0. The van der Waals surface area contributed by atoms with Crippen LogP contribution < -0.4 is 0 Å². The SMILES string of the molecule is CC(=O)CC(=O)O[C@@H]1C[C@H](C)CCC1C(C)C. The maximum absolute atomic E-state index is 11.6. The third-order valence-corrected chi connectivity index (χ3v) is 3.64. The molecule has 0 spiro atoms. The molecule has 3 atom stereocenters. The van der Waals surface area contributed by atoms with Crippen LogP contribution in [0.5, 0.6) is 0 Å². The Kier molecular flexibility index (Phi) is 5.16. The van der Waals surface area contributed by atoms with Crippen LogP contribution in [0.3, 0.4) is 0 Å². The topological polar surface area (TPSA) is 43.4 Å². The van der Waals surface area contributed by atoms with Gasteiger partial charge in [-0.25, -0.2) is 0 Å². The first-order chi connectivity index (χ1) is 7.90. The summed E-state index contributed by atoms with van der Waals surface area (Å²) < 4.78 is 5.49. The van der Waals surface area contributed by atoms with E-state index < -0.39 is 0 Å². The molecule has 3 nitrogen and oxygen atoms in total. The second-order valence-electron chi connectivity index (χ2n) is 5.73. The van der Waals surface area contributed by atoms with Crippen LogP contribution in [0.25, 0.3) is 0 Å². The molecule has 1 aliphatic rings. The fourth-order valence-corrected chi connectivity index (χ4v) is 2.66. The summed E-state index contributed by atoms with van der Waals surface area (Å²) in [5.41, 5.74) is 0. The smallest absolute Gasteiger partial charge is 0.313 e. The fourth-order valence-electron chi connectivity index (χ4n) is 2.66. The van der Waals surface area contributed by atoms with Gasteiger partial charge in [-0.2, -0.15) is 0 Å². The molecule has 17 heavy (non-hydrogen) atoms. The second-order valence-corrected chi connectivity index (χ2v) is 5.73. The molecule has 0 aromatic rings. The highest BCUT2D eigenvalue weighted by molar-refractivity contribution is 5.94. The number of rotatable bonds is 4. The number of carbonyl (C=O) groups excluding carboxylic acids is 2. The van der Waals surface area contributed by atoms with Crippen LogP contribution in [0.15, 0.2) is 0 Å². The van der Waals surface area contributed by atoms with E-state index >= 15 is 0 Å². The first kappa shape index (κ1) is 14.2. The van der Waals surface area contributed by atoms with Gasteiger partial charge in [-0.05, 0) is 37.5 Å². The van der Waals surface area contributed by atoms with Crippen molar-refractivity contribution in [2.24, 2.45) is 17.8 Å². The monoisotopic (exact) mass is 240 g/mol. The minimum absolute atomic E-state index is 0.00519. The number of ketones is 1. The zero-order valence-corrected chi connectivity index (χ0v) is 11.4. The molecule has 0 bridgehead atoms. The Hall–Kier alpha value is -0.860. The normalized spacial score (nSPS) is 29.1. The number of Topliss-reactive ketones (excluding diaryl/α,β-unsaturated/α-hetero) is 1. The van der Waals surface area contributed by atoms with Crippen molar-refractivity contribution in [1.82, 2.24) is 0 Å². The van der Waals surface area contributed by atoms with Crippen molar-refractivity contribution >= 4 is 11.8 Å². The van der Waals surface area contributed by atoms with E-state index in [1.165, 1.54) is 13.3 Å². The Bertz CT molecular complexity index is 283. The van der Waals surface area contributed by atoms with Gasteiger partial charge in [-0.15, -0.1) is 0 Å². The number of hydrogen-bond acceptors (Lipinski definition) is 3. The number of esters is 1. The predicted molar refractivity (Wildman–Crippen MR) is 66.5 cm³/mol. The Labute approximate surface area is 104 Å². The molecule has 1 unspecified atom stereocenters. The fraction of sp³-hybridized carbons (Fsp3) is 0.857. The summed E-state index contributed by atoms with van der Waals surface area (Å²) in [4.78, 5) is 22.4. The molecule has 98 valence electrons. The molecule has 3 heteroatoms. The van der Waals surface area contributed by atoms with Crippen molar-refractivity contribution in [2.45, 2.75) is 59.5 Å². The highest BCUT2D eigenvalue weighted by Crippen LogP contribution is 2.35. The number of carbonyl (C=O) groups is 2. The Balaban J connectivity index is 2.57. The van der Waals surface area contributed by atoms with Gasteiger partial charge in [0.2, 0.25) is 0 Å². The second kappa shape index (κ2) is 6.18. The van der Waals surface area contributed by atoms with Gasteiger partial charge in [0.15, 0.2) is 0 Å². The van der Waals surface area contributed by atoms with E-state index in [9.17, 15) is 9.59 Å². The maximum Gasteiger partial charge on any atom is 0.313 e. The molecule has 0 aromatic heterocycles. The zero-order valence-electron chi connectivity index (χ0n) is 11.4. The third-order valence-electron chi connectivity index (χ3n) is 3.64. The molecule has 1 rings (SSSR count). The molecular formula is C14H24O3. The van der Waals surface area contributed by atoms with Gasteiger partial charge in [0.05, 0.1) is 0 Å². The Morgan fingerprint density at radius 3 is 2.47 bits per heavy atom. The van der Waals surface area contributed by atoms with Gasteiger partial charge in [0.1, 0.15) is 18.3 Å². The standard InChI is InChI=1S/C14H24O3/c1-9(2)12-6-5-10(3)7-13(12)17-14(16)8-11(4)15/h9-10,12-13H,5-8H2,1-4H3/t10-,12?,13-/m1/s1. The van der Waals surface area contributed by atoms with Gasteiger partial charge in [0, 0.05) is 0 Å². The predicted octanol–water partition coefficient (Wildman–Crippen LogP) is 2.97. The van der Waals surface area contributed by atoms with E-state index in [0.717, 1.165) is 12.8 Å². The number of ether oxygens (including phenoxy) is 1. The van der Waals surface area contributed by atoms with Crippen LogP contribution in [0.1, 0.15) is 53.4 Å². The van der Waals surface area contributed by atoms with Crippen molar-refractivity contribution in [3.8, 4) is 0 Å². The first-order valence-electron chi connectivity index (χ1n) is 6.59. The molecule has 0 aliphatic heterocycles. The van der Waals surface area contributed by atoms with Gasteiger partial charge in [0.25, 0.3) is 0 Å². The van der Waals surface area contributed by atoms with Crippen molar-refractivity contribution < 1.29 is 14.3 Å². The molecule has 1 aliphatic carbocycles. The Morgan fingerprint density at radius 1 is 1.29 bits per heavy atom. The molecule has 1 fully saturated rings. The molecule has 0 heterocycles. The maximum atomic E-state index is 11.6. The van der Waals surface area contributed by atoms with Crippen LogP contribution in [0, 0.1) is 17.8 Å². The average Bonchev–Trinajstić information content (AvgIpc) is 2.15. The van der Waals surface area contributed by atoms with E-state index in [1.807, 2.05) is 0 Å². The van der Waals surface area contributed by atoms with E-state index in [0.29, 0.717) is 17.8 Å². The van der Waals surface area contributed by atoms with Crippen LogP contribution in [0.2, 0.25) is 0 Å². The van der Waals surface area contributed by atoms with E-state index in [1.54, 1.807) is 0 Å². The summed E-state index contributed by atoms with van der Waals surface area (Å²) in [6.45, 7) is 7.96. The van der Waals surface area contributed by atoms with Crippen LogP contribution in [0.4, 0.5) is 0 Å². The summed E-state index contributed by atoms with van der Waals surface area (Å²) in [5.74, 6) is 1.10. The van der Waals surface area contributed by atoms with E-state index in [-0.39, 0.29) is 24.3 Å². The lowest BCUT2D eigenvalue weighted by atomic mass is 9.75. The highest BCUT2D eigenvalue weighted by atomic mass is 16.5. The molecule has 0 aromatic carbocycles. The summed E-state index contributed by atoms with van der Waals surface area (Å²) >= 11 is 0. The molecule has 0 N–H and O–H groups in total. The molecule has 0 amide bonds. The van der Waals surface area contributed by atoms with E-state index in [4.69, 9.17) is 4.74 Å². The largest absolute Gasteiger partial charge is 0.462 e. The zero-order chi connectivity index (χ0) is 13.0. The van der Waals surface area contributed by atoms with Gasteiger partial charge >= 0.3 is 5.97 Å². The van der Waals surface area contributed by atoms with Gasteiger partial charge < -0.3 is 4.74 Å². The number of hydrogen-bond donors (Lipinski definition) is 0. The van der Waals surface area contributed by atoms with Crippen LogP contribution >= 0.6 is 0 Å². The molecular weight excluding hydrogens is 216 g/mol. The Morgan fingerprint density at radius 2 is 1.94 bits per heavy atom. The van der Waals surface area contributed by atoms with Crippen molar-refractivity contribution in [3.63, 3.8) is 0 Å². The highest BCUT2D eigenvalue weighted by Gasteiger charge is 2.33. The van der Waals surface area contributed by atoms with Crippen molar-refractivity contribution in [1.29, 1.82) is 0 Å². The lowest BCUT2D eigenvalue weighted by Gasteiger charge is -2.36. The van der Waals surface area contributed by atoms with Crippen molar-refractivity contribution in [2.75, 3.05) is 0 Å². The minimum atomic E-state index is -0.359.